The zero-order valence-corrected chi connectivity index (χ0v) is 16.2. The van der Waals surface area contributed by atoms with Crippen LogP contribution in [-0.4, -0.2) is 29.1 Å². The van der Waals surface area contributed by atoms with Crippen molar-refractivity contribution in [3.05, 3.63) is 53.3 Å². The van der Waals surface area contributed by atoms with Crippen LogP contribution in [0, 0.1) is 6.92 Å². The van der Waals surface area contributed by atoms with Crippen LogP contribution in [0.2, 0.25) is 0 Å². The molecule has 1 aromatic heterocycles. The number of aromatic nitrogens is 2. The number of hydrogen-bond acceptors (Lipinski definition) is 3. The number of carbonyl (C=O) groups excluding carboxylic acids is 1. The molecule has 0 atom stereocenters. The largest absolute Gasteiger partial charge is 0.495 e. The number of fused-ring (bicyclic) bond motifs is 2. The molecule has 0 unspecified atom stereocenters. The first kappa shape index (κ1) is 17.6. The van der Waals surface area contributed by atoms with Crippen LogP contribution < -0.4 is 9.64 Å². The summed E-state index contributed by atoms with van der Waals surface area (Å²) in [6.07, 6.45) is 2.75. The van der Waals surface area contributed by atoms with Crippen LogP contribution in [0.3, 0.4) is 0 Å². The minimum atomic E-state index is 0.0812. The summed E-state index contributed by atoms with van der Waals surface area (Å²) in [7, 11) is 1.67. The molecule has 5 heteroatoms. The van der Waals surface area contributed by atoms with Gasteiger partial charge in [-0.1, -0.05) is 25.1 Å². The summed E-state index contributed by atoms with van der Waals surface area (Å²) in [6, 6.07) is 12.0. The molecule has 0 fully saturated rings. The SMILES string of the molecule is CCc1nc2ccccc2n1CC(=O)N1CCCc2c(C)ccc(OC)c21. The number of imidazole rings is 1. The van der Waals surface area contributed by atoms with Crippen LogP contribution in [0.1, 0.15) is 30.3 Å². The van der Waals surface area contributed by atoms with Crippen molar-refractivity contribution < 1.29 is 9.53 Å². The Bertz CT molecular complexity index is 1010. The molecule has 1 aliphatic rings. The van der Waals surface area contributed by atoms with Crippen molar-refractivity contribution in [1.29, 1.82) is 0 Å². The van der Waals surface area contributed by atoms with Crippen LogP contribution in [0.5, 0.6) is 5.75 Å². The van der Waals surface area contributed by atoms with Gasteiger partial charge in [-0.25, -0.2) is 4.98 Å². The smallest absolute Gasteiger partial charge is 0.247 e. The number of rotatable bonds is 4. The third-order valence-corrected chi connectivity index (χ3v) is 5.42. The number of aryl methyl sites for hydroxylation is 2. The molecule has 1 amide bonds. The van der Waals surface area contributed by atoms with Crippen molar-refractivity contribution >= 4 is 22.6 Å². The fourth-order valence-electron chi connectivity index (χ4n) is 4.06. The number of carbonyl (C=O) groups is 1. The van der Waals surface area contributed by atoms with E-state index in [-0.39, 0.29) is 5.91 Å². The van der Waals surface area contributed by atoms with Gasteiger partial charge in [0, 0.05) is 13.0 Å². The highest BCUT2D eigenvalue weighted by Gasteiger charge is 2.28. The van der Waals surface area contributed by atoms with Gasteiger partial charge in [-0.15, -0.1) is 0 Å². The summed E-state index contributed by atoms with van der Waals surface area (Å²) in [5.41, 5.74) is 5.33. The highest BCUT2D eigenvalue weighted by molar-refractivity contribution is 5.97. The molecule has 0 N–H and O–H groups in total. The molecule has 0 saturated heterocycles. The molecular formula is C22H25N3O2. The van der Waals surface area contributed by atoms with Crippen LogP contribution in [0.4, 0.5) is 5.69 Å². The van der Waals surface area contributed by atoms with E-state index < -0.39 is 0 Å². The fourth-order valence-corrected chi connectivity index (χ4v) is 4.06. The first-order chi connectivity index (χ1) is 13.1. The van der Waals surface area contributed by atoms with E-state index in [9.17, 15) is 4.79 Å². The Hall–Kier alpha value is -2.82. The molecule has 2 heterocycles. The van der Waals surface area contributed by atoms with E-state index in [0.29, 0.717) is 6.54 Å². The van der Waals surface area contributed by atoms with E-state index in [1.807, 2.05) is 39.8 Å². The highest BCUT2D eigenvalue weighted by Crippen LogP contribution is 2.38. The second kappa shape index (κ2) is 7.06. The van der Waals surface area contributed by atoms with Gasteiger partial charge in [-0.2, -0.15) is 0 Å². The molecule has 0 aliphatic carbocycles. The van der Waals surface area contributed by atoms with Gasteiger partial charge in [0.2, 0.25) is 5.91 Å². The maximum absolute atomic E-state index is 13.3. The summed E-state index contributed by atoms with van der Waals surface area (Å²) in [5, 5.41) is 0. The average Bonchev–Trinajstić information content (AvgIpc) is 3.05. The van der Waals surface area contributed by atoms with Gasteiger partial charge in [0.15, 0.2) is 0 Å². The lowest BCUT2D eigenvalue weighted by atomic mass is 9.96. The van der Waals surface area contributed by atoms with Gasteiger partial charge in [0.05, 0.1) is 23.8 Å². The number of nitrogens with zero attached hydrogens (tertiary/aromatic N) is 3. The van der Waals surface area contributed by atoms with Crippen molar-refractivity contribution in [3.63, 3.8) is 0 Å². The highest BCUT2D eigenvalue weighted by atomic mass is 16.5. The second-order valence-electron chi connectivity index (χ2n) is 7.02. The number of anilines is 1. The van der Waals surface area contributed by atoms with Crippen molar-refractivity contribution in [2.75, 3.05) is 18.6 Å². The van der Waals surface area contributed by atoms with Gasteiger partial charge >= 0.3 is 0 Å². The quantitative estimate of drug-likeness (QED) is 0.706. The topological polar surface area (TPSA) is 47.4 Å². The minimum absolute atomic E-state index is 0.0812. The Morgan fingerprint density at radius 1 is 1.22 bits per heavy atom. The molecule has 0 radical (unpaired) electrons. The number of methoxy groups -OCH3 is 1. The Labute approximate surface area is 159 Å². The summed E-state index contributed by atoms with van der Waals surface area (Å²) in [5.74, 6) is 1.80. The Balaban J connectivity index is 1.73. The predicted octanol–water partition coefficient (Wildman–Crippen LogP) is 3.90. The first-order valence-electron chi connectivity index (χ1n) is 9.55. The lowest BCUT2D eigenvalue weighted by Crippen LogP contribution is -2.38. The Kier molecular flexibility index (Phi) is 4.60. The molecule has 3 aromatic rings. The summed E-state index contributed by atoms with van der Waals surface area (Å²) >= 11 is 0. The molecule has 0 spiro atoms. The lowest BCUT2D eigenvalue weighted by Gasteiger charge is -2.32. The molecule has 4 rings (SSSR count). The third kappa shape index (κ3) is 2.97. The summed E-state index contributed by atoms with van der Waals surface area (Å²) in [6.45, 7) is 5.19. The Morgan fingerprint density at radius 2 is 2.04 bits per heavy atom. The first-order valence-corrected chi connectivity index (χ1v) is 9.55. The molecule has 2 aromatic carbocycles. The fraction of sp³-hybridized carbons (Fsp3) is 0.364. The average molecular weight is 363 g/mol. The normalized spacial score (nSPS) is 13.7. The van der Waals surface area contributed by atoms with E-state index in [2.05, 4.69) is 24.9 Å². The van der Waals surface area contributed by atoms with Gasteiger partial charge in [0.25, 0.3) is 0 Å². The number of amides is 1. The maximum Gasteiger partial charge on any atom is 0.247 e. The predicted molar refractivity (Wildman–Crippen MR) is 108 cm³/mol. The van der Waals surface area contributed by atoms with Gasteiger partial charge in [-0.05, 0) is 49.1 Å². The number of para-hydroxylation sites is 2. The standard InChI is InChI=1S/C22H25N3O2/c1-4-20-23-17-9-5-6-10-18(17)25(20)14-21(26)24-13-7-8-16-15(2)11-12-19(27-3)22(16)24/h5-6,9-12H,4,7-8,13-14H2,1-3H3. The second-order valence-corrected chi connectivity index (χ2v) is 7.02. The van der Waals surface area contributed by atoms with E-state index in [4.69, 9.17) is 4.74 Å². The number of ether oxygens (including phenoxy) is 1. The molecule has 0 saturated carbocycles. The van der Waals surface area contributed by atoms with E-state index in [1.54, 1.807) is 7.11 Å². The van der Waals surface area contributed by atoms with Crippen LogP contribution in [0.25, 0.3) is 11.0 Å². The molecule has 140 valence electrons. The van der Waals surface area contributed by atoms with E-state index in [1.165, 1.54) is 11.1 Å². The van der Waals surface area contributed by atoms with E-state index >= 15 is 0 Å². The van der Waals surface area contributed by atoms with Crippen molar-refractivity contribution in [3.8, 4) is 5.75 Å². The molecule has 1 aliphatic heterocycles. The molecule has 5 nitrogen and oxygen atoms in total. The lowest BCUT2D eigenvalue weighted by molar-refractivity contribution is -0.119. The summed E-state index contributed by atoms with van der Waals surface area (Å²) < 4.78 is 7.64. The van der Waals surface area contributed by atoms with E-state index in [0.717, 1.165) is 54.1 Å². The van der Waals surface area contributed by atoms with Gasteiger partial charge in [0.1, 0.15) is 18.1 Å². The van der Waals surface area contributed by atoms with Gasteiger partial charge in [-0.3, -0.25) is 4.79 Å². The van der Waals surface area contributed by atoms with Gasteiger partial charge < -0.3 is 14.2 Å². The zero-order valence-electron chi connectivity index (χ0n) is 16.2. The monoisotopic (exact) mass is 363 g/mol. The maximum atomic E-state index is 13.3. The third-order valence-electron chi connectivity index (χ3n) is 5.42. The number of benzene rings is 2. The minimum Gasteiger partial charge on any atom is -0.495 e. The van der Waals surface area contributed by atoms with Crippen molar-refractivity contribution in [2.24, 2.45) is 0 Å². The molecular weight excluding hydrogens is 338 g/mol. The Morgan fingerprint density at radius 3 is 2.81 bits per heavy atom. The number of hydrogen-bond donors (Lipinski definition) is 0. The van der Waals surface area contributed by atoms with Crippen molar-refractivity contribution in [1.82, 2.24) is 9.55 Å². The van der Waals surface area contributed by atoms with Crippen LogP contribution in [-0.2, 0) is 24.2 Å². The zero-order chi connectivity index (χ0) is 19.0. The van der Waals surface area contributed by atoms with Crippen LogP contribution in [0.15, 0.2) is 36.4 Å². The molecule has 27 heavy (non-hydrogen) atoms. The van der Waals surface area contributed by atoms with Crippen molar-refractivity contribution in [2.45, 2.75) is 39.7 Å². The van der Waals surface area contributed by atoms with Crippen LogP contribution >= 0.6 is 0 Å². The summed E-state index contributed by atoms with van der Waals surface area (Å²) in [4.78, 5) is 19.9. The molecule has 0 bridgehead atoms.